The van der Waals surface area contributed by atoms with Crippen LogP contribution in [0.15, 0.2) is 18.3 Å². The van der Waals surface area contributed by atoms with Crippen molar-refractivity contribution in [2.75, 3.05) is 13.1 Å². The highest BCUT2D eigenvalue weighted by atomic mass is 16.3. The zero-order valence-electron chi connectivity index (χ0n) is 11.0. The standard InChI is InChI=1S/C14H20N2O2/c1-11-4-3-7-15-12(11)10-13(17)16-8-5-14(2,18)6-9-16/h3-4,7,18H,5-6,8-10H2,1-2H3. The summed E-state index contributed by atoms with van der Waals surface area (Å²) >= 11 is 0. The van der Waals surface area contributed by atoms with Crippen molar-refractivity contribution < 1.29 is 9.90 Å². The molecule has 2 rings (SSSR count). The number of carbonyl (C=O) groups is 1. The Kier molecular flexibility index (Phi) is 3.66. The first-order valence-corrected chi connectivity index (χ1v) is 6.39. The molecule has 0 radical (unpaired) electrons. The molecule has 0 saturated carbocycles. The van der Waals surface area contributed by atoms with Gasteiger partial charge in [0.25, 0.3) is 0 Å². The van der Waals surface area contributed by atoms with Gasteiger partial charge in [0.05, 0.1) is 17.7 Å². The number of rotatable bonds is 2. The van der Waals surface area contributed by atoms with Crippen LogP contribution in [0.25, 0.3) is 0 Å². The molecule has 4 nitrogen and oxygen atoms in total. The van der Waals surface area contributed by atoms with Gasteiger partial charge in [0, 0.05) is 19.3 Å². The molecule has 1 aliphatic heterocycles. The van der Waals surface area contributed by atoms with Crippen LogP contribution in [0.2, 0.25) is 0 Å². The summed E-state index contributed by atoms with van der Waals surface area (Å²) in [6.45, 7) is 5.07. The van der Waals surface area contributed by atoms with E-state index in [-0.39, 0.29) is 5.91 Å². The van der Waals surface area contributed by atoms with Gasteiger partial charge >= 0.3 is 0 Å². The molecule has 0 unspecified atom stereocenters. The summed E-state index contributed by atoms with van der Waals surface area (Å²) in [7, 11) is 0. The molecule has 1 saturated heterocycles. The third-order valence-corrected chi connectivity index (χ3v) is 3.63. The molecule has 0 atom stereocenters. The Morgan fingerprint density at radius 2 is 2.17 bits per heavy atom. The van der Waals surface area contributed by atoms with E-state index in [1.165, 1.54) is 0 Å². The molecule has 2 heterocycles. The SMILES string of the molecule is Cc1cccnc1CC(=O)N1CCC(C)(O)CC1. The molecular weight excluding hydrogens is 228 g/mol. The minimum atomic E-state index is -0.613. The van der Waals surface area contributed by atoms with Gasteiger partial charge in [-0.25, -0.2) is 0 Å². The molecule has 1 aromatic rings. The lowest BCUT2D eigenvalue weighted by atomic mass is 9.93. The minimum absolute atomic E-state index is 0.104. The number of likely N-dealkylation sites (tertiary alicyclic amines) is 1. The Morgan fingerprint density at radius 1 is 1.50 bits per heavy atom. The van der Waals surface area contributed by atoms with Crippen LogP contribution in [-0.2, 0) is 11.2 Å². The molecule has 0 aromatic carbocycles. The third-order valence-electron chi connectivity index (χ3n) is 3.63. The third kappa shape index (κ3) is 3.07. The number of amides is 1. The van der Waals surface area contributed by atoms with E-state index in [1.807, 2.05) is 30.9 Å². The van der Waals surface area contributed by atoms with Crippen LogP contribution < -0.4 is 0 Å². The summed E-state index contributed by atoms with van der Waals surface area (Å²) in [5.41, 5.74) is 1.28. The van der Waals surface area contributed by atoms with Gasteiger partial charge in [-0.05, 0) is 38.3 Å². The number of aromatic nitrogens is 1. The molecule has 1 amide bonds. The Morgan fingerprint density at radius 3 is 2.78 bits per heavy atom. The maximum absolute atomic E-state index is 12.1. The van der Waals surface area contributed by atoms with Crippen molar-refractivity contribution in [1.82, 2.24) is 9.88 Å². The molecule has 0 spiro atoms. The van der Waals surface area contributed by atoms with Gasteiger partial charge in [0.15, 0.2) is 0 Å². The number of hydrogen-bond acceptors (Lipinski definition) is 3. The first kappa shape index (κ1) is 13.0. The normalized spacial score (nSPS) is 18.7. The Labute approximate surface area is 108 Å². The topological polar surface area (TPSA) is 53.4 Å². The molecule has 1 fully saturated rings. The number of aliphatic hydroxyl groups is 1. The number of hydrogen-bond donors (Lipinski definition) is 1. The van der Waals surface area contributed by atoms with E-state index in [2.05, 4.69) is 4.98 Å². The Bertz CT molecular complexity index is 433. The van der Waals surface area contributed by atoms with Gasteiger partial charge in [0.1, 0.15) is 0 Å². The van der Waals surface area contributed by atoms with Gasteiger partial charge in [-0.1, -0.05) is 6.07 Å². The smallest absolute Gasteiger partial charge is 0.228 e. The van der Waals surface area contributed by atoms with Crippen LogP contribution in [0.1, 0.15) is 31.0 Å². The molecule has 0 aliphatic carbocycles. The van der Waals surface area contributed by atoms with Gasteiger partial charge in [0.2, 0.25) is 5.91 Å². The fraction of sp³-hybridized carbons (Fsp3) is 0.571. The number of piperidine rings is 1. The maximum Gasteiger partial charge on any atom is 0.228 e. The highest BCUT2D eigenvalue weighted by Gasteiger charge is 2.29. The van der Waals surface area contributed by atoms with E-state index in [9.17, 15) is 9.90 Å². The molecule has 0 bridgehead atoms. The quantitative estimate of drug-likeness (QED) is 0.858. The van der Waals surface area contributed by atoms with E-state index >= 15 is 0 Å². The fourth-order valence-electron chi connectivity index (χ4n) is 2.20. The zero-order valence-corrected chi connectivity index (χ0v) is 11.0. The van der Waals surface area contributed by atoms with Crippen LogP contribution in [0.3, 0.4) is 0 Å². The predicted molar refractivity (Wildman–Crippen MR) is 69.1 cm³/mol. The number of aryl methyl sites for hydroxylation is 1. The van der Waals surface area contributed by atoms with E-state index in [0.29, 0.717) is 32.4 Å². The van der Waals surface area contributed by atoms with E-state index in [4.69, 9.17) is 0 Å². The van der Waals surface area contributed by atoms with E-state index in [1.54, 1.807) is 6.20 Å². The van der Waals surface area contributed by atoms with Crippen LogP contribution in [-0.4, -0.2) is 39.6 Å². The molecule has 98 valence electrons. The largest absolute Gasteiger partial charge is 0.390 e. The number of carbonyl (C=O) groups excluding carboxylic acids is 1. The second-order valence-electron chi connectivity index (χ2n) is 5.32. The molecule has 1 aromatic heterocycles. The van der Waals surface area contributed by atoms with Crippen molar-refractivity contribution in [1.29, 1.82) is 0 Å². The van der Waals surface area contributed by atoms with Crippen molar-refractivity contribution >= 4 is 5.91 Å². The van der Waals surface area contributed by atoms with Crippen molar-refractivity contribution in [3.8, 4) is 0 Å². The van der Waals surface area contributed by atoms with Crippen LogP contribution in [0.4, 0.5) is 0 Å². The second kappa shape index (κ2) is 5.06. The monoisotopic (exact) mass is 248 g/mol. The number of nitrogens with zero attached hydrogens (tertiary/aromatic N) is 2. The number of pyridine rings is 1. The summed E-state index contributed by atoms with van der Waals surface area (Å²) in [4.78, 5) is 18.2. The summed E-state index contributed by atoms with van der Waals surface area (Å²) in [5, 5.41) is 9.86. The molecule has 18 heavy (non-hydrogen) atoms. The Hall–Kier alpha value is -1.42. The lowest BCUT2D eigenvalue weighted by molar-refractivity contribution is -0.134. The summed E-state index contributed by atoms with van der Waals surface area (Å²) in [6.07, 6.45) is 3.38. The van der Waals surface area contributed by atoms with Gasteiger partial charge in [-0.15, -0.1) is 0 Å². The summed E-state index contributed by atoms with van der Waals surface area (Å²) in [5.74, 6) is 0.104. The van der Waals surface area contributed by atoms with E-state index < -0.39 is 5.60 Å². The fourth-order valence-corrected chi connectivity index (χ4v) is 2.20. The average molecular weight is 248 g/mol. The van der Waals surface area contributed by atoms with Crippen molar-refractivity contribution in [2.45, 2.75) is 38.7 Å². The van der Waals surface area contributed by atoms with Crippen LogP contribution >= 0.6 is 0 Å². The molecule has 4 heteroatoms. The minimum Gasteiger partial charge on any atom is -0.390 e. The van der Waals surface area contributed by atoms with Crippen molar-refractivity contribution in [3.05, 3.63) is 29.6 Å². The highest BCUT2D eigenvalue weighted by Crippen LogP contribution is 2.21. The van der Waals surface area contributed by atoms with Gasteiger partial charge in [-0.2, -0.15) is 0 Å². The second-order valence-corrected chi connectivity index (χ2v) is 5.32. The van der Waals surface area contributed by atoms with Crippen LogP contribution in [0, 0.1) is 6.92 Å². The lowest BCUT2D eigenvalue weighted by Gasteiger charge is -2.35. The maximum atomic E-state index is 12.1. The molecule has 1 N–H and O–H groups in total. The summed E-state index contributed by atoms with van der Waals surface area (Å²) < 4.78 is 0. The lowest BCUT2D eigenvalue weighted by Crippen LogP contribution is -2.45. The first-order valence-electron chi connectivity index (χ1n) is 6.39. The molecular formula is C14H20N2O2. The van der Waals surface area contributed by atoms with Crippen molar-refractivity contribution in [3.63, 3.8) is 0 Å². The Balaban J connectivity index is 1.95. The zero-order chi connectivity index (χ0) is 13.2. The van der Waals surface area contributed by atoms with E-state index in [0.717, 1.165) is 11.3 Å². The van der Waals surface area contributed by atoms with Crippen LogP contribution in [0.5, 0.6) is 0 Å². The van der Waals surface area contributed by atoms with Gasteiger partial charge < -0.3 is 10.0 Å². The highest BCUT2D eigenvalue weighted by molar-refractivity contribution is 5.78. The van der Waals surface area contributed by atoms with Crippen molar-refractivity contribution in [2.24, 2.45) is 0 Å². The summed E-state index contributed by atoms with van der Waals surface area (Å²) in [6, 6.07) is 3.85. The first-order chi connectivity index (χ1) is 8.48. The average Bonchev–Trinajstić information content (AvgIpc) is 2.32. The van der Waals surface area contributed by atoms with Gasteiger partial charge in [-0.3, -0.25) is 9.78 Å². The molecule has 1 aliphatic rings. The predicted octanol–water partition coefficient (Wildman–Crippen LogP) is 1.31.